The molecule has 0 amide bonds. The molecule has 4 nitrogen and oxygen atoms in total. The SMILES string of the molecule is Oc1ccccc1/C=N/NC(=S)N[C@@H]1C[C@H]2C=C[C@H]1C2. The lowest BCUT2D eigenvalue weighted by Crippen LogP contribution is -2.42. The van der Waals surface area contributed by atoms with Crippen LogP contribution >= 0.6 is 12.2 Å². The Morgan fingerprint density at radius 2 is 2.15 bits per heavy atom. The normalized spacial score (nSPS) is 27.1. The monoisotopic (exact) mass is 287 g/mol. The van der Waals surface area contributed by atoms with Gasteiger partial charge in [-0.2, -0.15) is 5.10 Å². The van der Waals surface area contributed by atoms with E-state index < -0.39 is 0 Å². The summed E-state index contributed by atoms with van der Waals surface area (Å²) in [5.41, 5.74) is 3.46. The first-order chi connectivity index (χ1) is 9.72. The number of hydrogen-bond donors (Lipinski definition) is 3. The van der Waals surface area contributed by atoms with Crippen LogP contribution in [0.2, 0.25) is 0 Å². The second-order valence-corrected chi connectivity index (χ2v) is 5.70. The molecule has 0 radical (unpaired) electrons. The van der Waals surface area contributed by atoms with Crippen molar-refractivity contribution in [3.8, 4) is 5.75 Å². The molecule has 3 rings (SSSR count). The average molecular weight is 287 g/mol. The average Bonchev–Trinajstić information content (AvgIpc) is 3.03. The molecular formula is C15H17N3OS. The number of aromatic hydroxyl groups is 1. The molecule has 5 heteroatoms. The number of para-hydroxylation sites is 1. The summed E-state index contributed by atoms with van der Waals surface area (Å²) in [6.07, 6.45) is 8.52. The fraction of sp³-hybridized carbons (Fsp3) is 0.333. The molecule has 3 atom stereocenters. The summed E-state index contributed by atoms with van der Waals surface area (Å²) in [7, 11) is 0. The molecule has 0 heterocycles. The highest BCUT2D eigenvalue weighted by atomic mass is 32.1. The first-order valence-corrected chi connectivity index (χ1v) is 7.19. The van der Waals surface area contributed by atoms with Crippen LogP contribution in [-0.2, 0) is 0 Å². The molecule has 0 aromatic heterocycles. The third kappa shape index (κ3) is 2.82. The van der Waals surface area contributed by atoms with Crippen LogP contribution in [0.5, 0.6) is 5.75 Å². The number of phenols is 1. The van der Waals surface area contributed by atoms with Gasteiger partial charge in [0.05, 0.1) is 6.21 Å². The molecule has 104 valence electrons. The van der Waals surface area contributed by atoms with E-state index in [4.69, 9.17) is 12.2 Å². The Kier molecular flexibility index (Phi) is 3.69. The van der Waals surface area contributed by atoms with Crippen LogP contribution in [0.1, 0.15) is 18.4 Å². The van der Waals surface area contributed by atoms with Crippen molar-refractivity contribution >= 4 is 23.5 Å². The van der Waals surface area contributed by atoms with E-state index in [9.17, 15) is 5.11 Å². The van der Waals surface area contributed by atoms with Gasteiger partial charge in [0.2, 0.25) is 0 Å². The lowest BCUT2D eigenvalue weighted by molar-refractivity contribution is 0.474. The highest BCUT2D eigenvalue weighted by Gasteiger charge is 2.35. The lowest BCUT2D eigenvalue weighted by atomic mass is 10.0. The van der Waals surface area contributed by atoms with Crippen LogP contribution in [0.15, 0.2) is 41.5 Å². The zero-order valence-electron chi connectivity index (χ0n) is 11.0. The molecule has 3 N–H and O–H groups in total. The van der Waals surface area contributed by atoms with Crippen molar-refractivity contribution in [1.29, 1.82) is 0 Å². The maximum absolute atomic E-state index is 9.60. The highest BCUT2D eigenvalue weighted by molar-refractivity contribution is 7.80. The fourth-order valence-electron chi connectivity index (χ4n) is 2.90. The third-order valence-corrected chi connectivity index (χ3v) is 4.11. The molecule has 0 saturated heterocycles. The van der Waals surface area contributed by atoms with Gasteiger partial charge in [0, 0.05) is 11.6 Å². The molecule has 0 spiro atoms. The Balaban J connectivity index is 1.50. The van der Waals surface area contributed by atoms with Gasteiger partial charge in [-0.15, -0.1) is 0 Å². The maximum atomic E-state index is 9.60. The number of rotatable bonds is 3. The summed E-state index contributed by atoms with van der Waals surface area (Å²) in [6.45, 7) is 0. The predicted molar refractivity (Wildman–Crippen MR) is 83.7 cm³/mol. The number of fused-ring (bicyclic) bond motifs is 2. The van der Waals surface area contributed by atoms with Crippen molar-refractivity contribution in [2.45, 2.75) is 18.9 Å². The number of nitrogens with zero attached hydrogens (tertiary/aromatic N) is 1. The molecule has 1 aromatic carbocycles. The quantitative estimate of drug-likeness (QED) is 0.345. The van der Waals surface area contributed by atoms with Crippen LogP contribution in [0.3, 0.4) is 0 Å². The molecular weight excluding hydrogens is 270 g/mol. The van der Waals surface area contributed by atoms with Crippen LogP contribution in [-0.4, -0.2) is 22.5 Å². The van der Waals surface area contributed by atoms with Crippen LogP contribution in [0.25, 0.3) is 0 Å². The summed E-state index contributed by atoms with van der Waals surface area (Å²) >= 11 is 5.23. The molecule has 0 aliphatic heterocycles. The van der Waals surface area contributed by atoms with Gasteiger partial charge in [0.1, 0.15) is 5.75 Å². The number of thiocarbonyl (C=S) groups is 1. The van der Waals surface area contributed by atoms with Crippen LogP contribution < -0.4 is 10.7 Å². The van der Waals surface area contributed by atoms with Gasteiger partial charge in [-0.3, -0.25) is 5.43 Å². The summed E-state index contributed by atoms with van der Waals surface area (Å²) in [4.78, 5) is 0. The maximum Gasteiger partial charge on any atom is 0.187 e. The van der Waals surface area contributed by atoms with Gasteiger partial charge < -0.3 is 10.4 Å². The Morgan fingerprint density at radius 3 is 2.85 bits per heavy atom. The topological polar surface area (TPSA) is 56.7 Å². The van der Waals surface area contributed by atoms with E-state index in [1.165, 1.54) is 6.42 Å². The standard InChI is InChI=1S/C15H17N3OS/c19-14-4-2-1-3-12(14)9-16-18-15(20)17-13-8-10-5-6-11(13)7-10/h1-6,9-11,13,19H,7-8H2,(H2,17,18,20)/b16-9+/t10-,11-,13+/m0/s1. The van der Waals surface area contributed by atoms with Gasteiger partial charge in [0.25, 0.3) is 0 Å². The second-order valence-electron chi connectivity index (χ2n) is 5.29. The van der Waals surface area contributed by atoms with Crippen molar-refractivity contribution in [1.82, 2.24) is 10.7 Å². The number of hydrogen-bond acceptors (Lipinski definition) is 3. The first-order valence-electron chi connectivity index (χ1n) is 6.78. The van der Waals surface area contributed by atoms with Crippen LogP contribution in [0.4, 0.5) is 0 Å². The minimum absolute atomic E-state index is 0.204. The van der Waals surface area contributed by atoms with E-state index in [1.54, 1.807) is 24.4 Å². The van der Waals surface area contributed by atoms with Gasteiger partial charge in [0.15, 0.2) is 5.11 Å². The second kappa shape index (κ2) is 5.63. The largest absolute Gasteiger partial charge is 0.507 e. The first kappa shape index (κ1) is 13.1. The highest BCUT2D eigenvalue weighted by Crippen LogP contribution is 2.38. The minimum atomic E-state index is 0.204. The minimum Gasteiger partial charge on any atom is -0.507 e. The van der Waals surface area contributed by atoms with Gasteiger partial charge >= 0.3 is 0 Å². The van der Waals surface area contributed by atoms with Crippen molar-refractivity contribution < 1.29 is 5.11 Å². The molecule has 20 heavy (non-hydrogen) atoms. The van der Waals surface area contributed by atoms with Crippen molar-refractivity contribution in [3.05, 3.63) is 42.0 Å². The van der Waals surface area contributed by atoms with Crippen LogP contribution in [0, 0.1) is 11.8 Å². The molecule has 2 bridgehead atoms. The number of hydrazone groups is 1. The van der Waals surface area contributed by atoms with E-state index >= 15 is 0 Å². The number of benzene rings is 1. The van der Waals surface area contributed by atoms with Gasteiger partial charge in [-0.25, -0.2) is 0 Å². The molecule has 1 fully saturated rings. The van der Waals surface area contributed by atoms with E-state index in [1.807, 2.05) is 6.07 Å². The van der Waals surface area contributed by atoms with Crippen molar-refractivity contribution in [2.75, 3.05) is 0 Å². The summed E-state index contributed by atoms with van der Waals surface area (Å²) < 4.78 is 0. The van der Waals surface area contributed by atoms with Gasteiger partial charge in [-0.1, -0.05) is 24.3 Å². The predicted octanol–water partition coefficient (Wildman–Crippen LogP) is 2.15. The Labute approximate surface area is 123 Å². The van der Waals surface area contributed by atoms with E-state index in [2.05, 4.69) is 28.0 Å². The van der Waals surface area contributed by atoms with Gasteiger partial charge in [-0.05, 0) is 49.0 Å². The number of phenolic OH excluding ortho intramolecular Hbond substituents is 1. The summed E-state index contributed by atoms with van der Waals surface area (Å²) in [5.74, 6) is 1.52. The Hall–Kier alpha value is -1.88. The summed E-state index contributed by atoms with van der Waals surface area (Å²) in [5, 5.41) is 17.5. The van der Waals surface area contributed by atoms with Crippen molar-refractivity contribution in [2.24, 2.45) is 16.9 Å². The van der Waals surface area contributed by atoms with Crippen molar-refractivity contribution in [3.63, 3.8) is 0 Å². The summed E-state index contributed by atoms with van der Waals surface area (Å²) in [6, 6.07) is 7.45. The third-order valence-electron chi connectivity index (χ3n) is 3.90. The molecule has 1 saturated carbocycles. The smallest absolute Gasteiger partial charge is 0.187 e. The van der Waals surface area contributed by atoms with E-state index in [0.717, 1.165) is 6.42 Å². The molecule has 2 aliphatic rings. The zero-order valence-corrected chi connectivity index (χ0v) is 11.8. The van der Waals surface area contributed by atoms with E-state index in [0.29, 0.717) is 28.6 Å². The molecule has 1 aromatic rings. The lowest BCUT2D eigenvalue weighted by Gasteiger charge is -2.20. The number of allylic oxidation sites excluding steroid dienone is 1. The fourth-order valence-corrected chi connectivity index (χ4v) is 3.11. The Morgan fingerprint density at radius 1 is 1.30 bits per heavy atom. The molecule has 2 aliphatic carbocycles. The number of nitrogens with one attached hydrogen (secondary N) is 2. The Bertz CT molecular complexity index is 570. The zero-order chi connectivity index (χ0) is 13.9. The van der Waals surface area contributed by atoms with E-state index in [-0.39, 0.29) is 5.75 Å². The molecule has 0 unspecified atom stereocenters.